The average Bonchev–Trinajstić information content (AvgIpc) is 2.46. The van der Waals surface area contributed by atoms with Crippen molar-refractivity contribution in [1.29, 1.82) is 0 Å². The van der Waals surface area contributed by atoms with E-state index < -0.39 is 0 Å². The van der Waals surface area contributed by atoms with Crippen LogP contribution in [0.3, 0.4) is 0 Å². The Hall–Kier alpha value is -0.900. The van der Waals surface area contributed by atoms with Gasteiger partial charge < -0.3 is 14.8 Å². The first-order chi connectivity index (χ1) is 9.63. The van der Waals surface area contributed by atoms with Gasteiger partial charge >= 0.3 is 0 Å². The van der Waals surface area contributed by atoms with Crippen LogP contribution in [0, 0.1) is 5.92 Å². The van der Waals surface area contributed by atoms with E-state index in [0.717, 1.165) is 34.0 Å². The van der Waals surface area contributed by atoms with Gasteiger partial charge in [-0.1, -0.05) is 27.2 Å². The molecule has 0 saturated heterocycles. The van der Waals surface area contributed by atoms with Gasteiger partial charge in [0, 0.05) is 22.6 Å². The summed E-state index contributed by atoms with van der Waals surface area (Å²) in [5.41, 5.74) is 1.09. The predicted molar refractivity (Wildman–Crippen MR) is 86.9 cm³/mol. The Labute approximate surface area is 130 Å². The smallest absolute Gasteiger partial charge is 0.163 e. The topological polar surface area (TPSA) is 30.5 Å². The van der Waals surface area contributed by atoms with E-state index in [1.165, 1.54) is 12.8 Å². The highest BCUT2D eigenvalue weighted by molar-refractivity contribution is 9.10. The maximum atomic E-state index is 5.65. The van der Waals surface area contributed by atoms with E-state index >= 15 is 0 Å². The molecule has 2 rings (SSSR count). The zero-order valence-electron chi connectivity index (χ0n) is 12.5. The van der Waals surface area contributed by atoms with Crippen molar-refractivity contribution in [1.82, 2.24) is 0 Å². The summed E-state index contributed by atoms with van der Waals surface area (Å²) in [5.74, 6) is 2.40. The van der Waals surface area contributed by atoms with Gasteiger partial charge in [-0.3, -0.25) is 0 Å². The second kappa shape index (κ2) is 7.21. The molecular weight excluding hydrogens is 318 g/mol. The molecule has 0 spiro atoms. The second-order valence-electron chi connectivity index (χ2n) is 5.47. The highest BCUT2D eigenvalue weighted by atomic mass is 79.9. The lowest BCUT2D eigenvalue weighted by Gasteiger charge is -2.24. The van der Waals surface area contributed by atoms with E-state index in [0.29, 0.717) is 19.3 Å². The van der Waals surface area contributed by atoms with Crippen molar-refractivity contribution < 1.29 is 9.47 Å². The number of benzene rings is 1. The number of ether oxygens (including phenoxy) is 2. The number of hydrogen-bond donors (Lipinski definition) is 1. The van der Waals surface area contributed by atoms with Crippen molar-refractivity contribution in [2.75, 3.05) is 18.5 Å². The fourth-order valence-corrected chi connectivity index (χ4v) is 2.81. The molecule has 3 nitrogen and oxygen atoms in total. The molecule has 2 atom stereocenters. The predicted octanol–water partition coefficient (Wildman–Crippen LogP) is 4.85. The molecule has 0 radical (unpaired) electrons. The summed E-state index contributed by atoms with van der Waals surface area (Å²) in [6.07, 6.45) is 3.53. The van der Waals surface area contributed by atoms with Gasteiger partial charge in [-0.05, 0) is 34.7 Å². The monoisotopic (exact) mass is 341 g/mol. The van der Waals surface area contributed by atoms with Crippen LogP contribution < -0.4 is 14.8 Å². The number of rotatable bonds is 6. The Morgan fingerprint density at radius 1 is 1.15 bits per heavy atom. The van der Waals surface area contributed by atoms with Crippen molar-refractivity contribution in [3.63, 3.8) is 0 Å². The van der Waals surface area contributed by atoms with E-state index in [9.17, 15) is 0 Å². The minimum Gasteiger partial charge on any atom is -0.486 e. The highest BCUT2D eigenvalue weighted by Crippen LogP contribution is 2.38. The minimum atomic E-state index is 0.490. The summed E-state index contributed by atoms with van der Waals surface area (Å²) in [5, 5.41) is 3.63. The lowest BCUT2D eigenvalue weighted by molar-refractivity contribution is 0.171. The molecular formula is C16H24BrNO2. The summed E-state index contributed by atoms with van der Waals surface area (Å²) >= 11 is 3.62. The van der Waals surface area contributed by atoms with Crippen LogP contribution in [-0.2, 0) is 0 Å². The third-order valence-corrected chi connectivity index (χ3v) is 4.52. The van der Waals surface area contributed by atoms with Gasteiger partial charge in [-0.15, -0.1) is 0 Å². The molecule has 0 fully saturated rings. The lowest BCUT2D eigenvalue weighted by Crippen LogP contribution is -2.22. The largest absolute Gasteiger partial charge is 0.486 e. The SMILES string of the molecule is CCC(C)CC(CC)Nc1cc2c(cc1Br)OCCO2. The fraction of sp³-hybridized carbons (Fsp3) is 0.625. The van der Waals surface area contributed by atoms with Gasteiger partial charge in [0.25, 0.3) is 0 Å². The molecule has 0 aromatic heterocycles. The van der Waals surface area contributed by atoms with E-state index in [1.54, 1.807) is 0 Å². The standard InChI is InChI=1S/C16H24BrNO2/c1-4-11(3)8-12(5-2)18-14-10-16-15(9-13(14)17)19-6-7-20-16/h9-12,18H,4-8H2,1-3H3. The van der Waals surface area contributed by atoms with Crippen molar-refractivity contribution in [2.45, 2.75) is 46.1 Å². The van der Waals surface area contributed by atoms with Crippen LogP contribution in [-0.4, -0.2) is 19.3 Å². The summed E-state index contributed by atoms with van der Waals surface area (Å²) in [6, 6.07) is 4.52. The van der Waals surface area contributed by atoms with Gasteiger partial charge in [0.15, 0.2) is 11.5 Å². The molecule has 1 aromatic carbocycles. The molecule has 0 aliphatic carbocycles. The molecule has 1 aliphatic rings. The van der Waals surface area contributed by atoms with Gasteiger partial charge in [0.2, 0.25) is 0 Å². The molecule has 0 bridgehead atoms. The Bertz CT molecular complexity index is 450. The maximum absolute atomic E-state index is 5.65. The Balaban J connectivity index is 2.11. The van der Waals surface area contributed by atoms with Crippen LogP contribution in [0.25, 0.3) is 0 Å². The van der Waals surface area contributed by atoms with Crippen LogP contribution in [0.5, 0.6) is 11.5 Å². The Morgan fingerprint density at radius 2 is 1.80 bits per heavy atom. The minimum absolute atomic E-state index is 0.490. The first-order valence-corrected chi connectivity index (χ1v) is 8.29. The first kappa shape index (κ1) is 15.5. The number of anilines is 1. The van der Waals surface area contributed by atoms with Crippen LogP contribution in [0.2, 0.25) is 0 Å². The number of nitrogens with one attached hydrogen (secondary N) is 1. The molecule has 2 unspecified atom stereocenters. The molecule has 4 heteroatoms. The average molecular weight is 342 g/mol. The summed E-state index contributed by atoms with van der Waals surface area (Å²) in [6.45, 7) is 8.03. The van der Waals surface area contributed by atoms with Gasteiger partial charge in [-0.2, -0.15) is 0 Å². The van der Waals surface area contributed by atoms with E-state index in [1.807, 2.05) is 12.1 Å². The quantitative estimate of drug-likeness (QED) is 0.802. The van der Waals surface area contributed by atoms with Crippen molar-refractivity contribution in [2.24, 2.45) is 5.92 Å². The third-order valence-electron chi connectivity index (χ3n) is 3.87. The fourth-order valence-electron chi connectivity index (χ4n) is 2.37. The second-order valence-corrected chi connectivity index (χ2v) is 6.33. The van der Waals surface area contributed by atoms with Gasteiger partial charge in [-0.25, -0.2) is 0 Å². The van der Waals surface area contributed by atoms with Crippen LogP contribution >= 0.6 is 15.9 Å². The Kier molecular flexibility index (Phi) is 5.58. The molecule has 1 aromatic rings. The zero-order valence-corrected chi connectivity index (χ0v) is 14.1. The van der Waals surface area contributed by atoms with Crippen molar-refractivity contribution >= 4 is 21.6 Å². The highest BCUT2D eigenvalue weighted by Gasteiger charge is 2.17. The van der Waals surface area contributed by atoms with Crippen molar-refractivity contribution in [3.8, 4) is 11.5 Å². The van der Waals surface area contributed by atoms with Crippen LogP contribution in [0.1, 0.15) is 40.0 Å². The number of hydrogen-bond acceptors (Lipinski definition) is 3. The summed E-state index contributed by atoms with van der Waals surface area (Å²) in [4.78, 5) is 0. The molecule has 20 heavy (non-hydrogen) atoms. The molecule has 1 aliphatic heterocycles. The van der Waals surface area contributed by atoms with E-state index in [-0.39, 0.29) is 0 Å². The van der Waals surface area contributed by atoms with Gasteiger partial charge in [0.05, 0.1) is 5.69 Å². The van der Waals surface area contributed by atoms with Crippen molar-refractivity contribution in [3.05, 3.63) is 16.6 Å². The lowest BCUT2D eigenvalue weighted by atomic mass is 9.97. The number of halogens is 1. The van der Waals surface area contributed by atoms with Gasteiger partial charge in [0.1, 0.15) is 13.2 Å². The van der Waals surface area contributed by atoms with E-state index in [2.05, 4.69) is 42.0 Å². The third kappa shape index (κ3) is 3.81. The maximum Gasteiger partial charge on any atom is 0.163 e. The first-order valence-electron chi connectivity index (χ1n) is 7.49. The molecule has 1 heterocycles. The Morgan fingerprint density at radius 3 is 2.40 bits per heavy atom. The van der Waals surface area contributed by atoms with E-state index in [4.69, 9.17) is 9.47 Å². The summed E-state index contributed by atoms with van der Waals surface area (Å²) < 4.78 is 12.3. The molecule has 0 saturated carbocycles. The molecule has 1 N–H and O–H groups in total. The number of fused-ring (bicyclic) bond motifs is 1. The molecule has 112 valence electrons. The zero-order chi connectivity index (χ0) is 14.5. The summed E-state index contributed by atoms with van der Waals surface area (Å²) in [7, 11) is 0. The normalized spacial score (nSPS) is 16.6. The van der Waals surface area contributed by atoms with Crippen LogP contribution in [0.4, 0.5) is 5.69 Å². The molecule has 0 amide bonds. The van der Waals surface area contributed by atoms with Crippen LogP contribution in [0.15, 0.2) is 16.6 Å².